The number of nitrogens with zero attached hydrogens (tertiary/aromatic N) is 4. The van der Waals surface area contributed by atoms with E-state index in [9.17, 15) is 5.11 Å². The number of hydrogen-bond acceptors (Lipinski definition) is 4. The van der Waals surface area contributed by atoms with Crippen molar-refractivity contribution < 1.29 is 5.11 Å². The summed E-state index contributed by atoms with van der Waals surface area (Å²) in [6.45, 7) is 13.3. The van der Waals surface area contributed by atoms with Gasteiger partial charge in [0.15, 0.2) is 0 Å². The van der Waals surface area contributed by atoms with Crippen molar-refractivity contribution in [2.45, 2.75) is 33.4 Å². The molecule has 100 valence electrons. The summed E-state index contributed by atoms with van der Waals surface area (Å²) in [5.74, 6) is 0. The van der Waals surface area contributed by atoms with E-state index in [0.29, 0.717) is 12.1 Å². The molecule has 1 aromatic rings. The van der Waals surface area contributed by atoms with Crippen LogP contribution in [0.25, 0.3) is 5.57 Å². The van der Waals surface area contributed by atoms with E-state index in [1.54, 1.807) is 11.6 Å². The van der Waals surface area contributed by atoms with Gasteiger partial charge >= 0.3 is 0 Å². The molecule has 0 bridgehead atoms. The number of aromatic nitrogens is 2. The van der Waals surface area contributed by atoms with E-state index in [1.807, 2.05) is 19.9 Å². The predicted molar refractivity (Wildman–Crippen MR) is 75.7 cm³/mol. The van der Waals surface area contributed by atoms with Gasteiger partial charge in [-0.1, -0.05) is 13.2 Å². The third-order valence-electron chi connectivity index (χ3n) is 2.65. The average Bonchev–Trinajstić information content (AvgIpc) is 2.60. The van der Waals surface area contributed by atoms with Gasteiger partial charge in [-0.05, 0) is 26.3 Å². The van der Waals surface area contributed by atoms with E-state index in [4.69, 9.17) is 5.26 Å². The van der Waals surface area contributed by atoms with Crippen LogP contribution in [0.3, 0.4) is 0 Å². The molecule has 0 aliphatic heterocycles. The fourth-order valence-electron chi connectivity index (χ4n) is 1.84. The molecule has 0 aliphatic carbocycles. The van der Waals surface area contributed by atoms with Crippen molar-refractivity contribution in [1.29, 1.82) is 5.26 Å². The van der Waals surface area contributed by atoms with Gasteiger partial charge in [-0.2, -0.15) is 10.4 Å². The first-order chi connectivity index (χ1) is 8.86. The van der Waals surface area contributed by atoms with E-state index in [2.05, 4.69) is 23.2 Å². The molecular formula is C14H18N4O. The molecular weight excluding hydrogens is 240 g/mol. The van der Waals surface area contributed by atoms with Gasteiger partial charge in [-0.3, -0.25) is 4.68 Å². The highest BCUT2D eigenvalue weighted by molar-refractivity contribution is 6.10. The normalized spacial score (nSPS) is 12.4. The average molecular weight is 258 g/mol. The monoisotopic (exact) mass is 258 g/mol. The van der Waals surface area contributed by atoms with Crippen LogP contribution in [0.5, 0.6) is 0 Å². The van der Waals surface area contributed by atoms with Crippen LogP contribution in [-0.4, -0.2) is 27.2 Å². The summed E-state index contributed by atoms with van der Waals surface area (Å²) in [6, 6.07) is 1.84. The molecule has 1 heterocycles. The molecule has 0 unspecified atom stereocenters. The van der Waals surface area contributed by atoms with Gasteiger partial charge < -0.3 is 5.11 Å². The number of aliphatic hydroxyl groups excluding tert-OH is 1. The van der Waals surface area contributed by atoms with Gasteiger partial charge in [-0.25, -0.2) is 4.99 Å². The van der Waals surface area contributed by atoms with Crippen molar-refractivity contribution >= 4 is 11.8 Å². The van der Waals surface area contributed by atoms with Crippen molar-refractivity contribution in [2.75, 3.05) is 0 Å². The fourth-order valence-corrected chi connectivity index (χ4v) is 1.84. The molecule has 0 saturated carbocycles. The lowest BCUT2D eigenvalue weighted by Gasteiger charge is -2.07. The number of nitriles is 1. The van der Waals surface area contributed by atoms with Crippen LogP contribution in [0.4, 0.5) is 0 Å². The lowest BCUT2D eigenvalue weighted by molar-refractivity contribution is 0.167. The largest absolute Gasteiger partial charge is 0.391 e. The molecule has 19 heavy (non-hydrogen) atoms. The van der Waals surface area contributed by atoms with Crippen LogP contribution in [0, 0.1) is 25.2 Å². The third-order valence-corrected chi connectivity index (χ3v) is 2.65. The molecule has 1 atom stereocenters. The van der Waals surface area contributed by atoms with E-state index in [-0.39, 0.29) is 5.70 Å². The van der Waals surface area contributed by atoms with Crippen LogP contribution in [0.15, 0.2) is 23.8 Å². The van der Waals surface area contributed by atoms with E-state index >= 15 is 0 Å². The van der Waals surface area contributed by atoms with Gasteiger partial charge in [0, 0.05) is 17.5 Å². The molecule has 0 aromatic carbocycles. The number of allylic oxidation sites excluding steroid dienone is 2. The van der Waals surface area contributed by atoms with Gasteiger partial charge in [0.1, 0.15) is 11.8 Å². The SMILES string of the molecule is C=C(C#N)/N=C/C(=C)c1c(C)nn(C[C@H](C)O)c1C. The second kappa shape index (κ2) is 6.12. The van der Waals surface area contributed by atoms with Gasteiger partial charge in [0.05, 0.1) is 18.3 Å². The summed E-state index contributed by atoms with van der Waals surface area (Å²) in [5, 5.41) is 22.4. The molecule has 0 spiro atoms. The molecule has 5 nitrogen and oxygen atoms in total. The van der Waals surface area contributed by atoms with Gasteiger partial charge in [0.25, 0.3) is 0 Å². The molecule has 0 saturated heterocycles. The van der Waals surface area contributed by atoms with E-state index in [1.165, 1.54) is 6.21 Å². The maximum absolute atomic E-state index is 9.42. The van der Waals surface area contributed by atoms with Crippen molar-refractivity contribution in [3.63, 3.8) is 0 Å². The molecule has 0 radical (unpaired) electrons. The molecule has 0 amide bonds. The van der Waals surface area contributed by atoms with E-state index in [0.717, 1.165) is 17.0 Å². The quantitative estimate of drug-likeness (QED) is 0.648. The number of aliphatic hydroxyl groups is 1. The van der Waals surface area contributed by atoms with E-state index < -0.39 is 6.10 Å². The molecule has 1 rings (SSSR count). The minimum atomic E-state index is -0.467. The summed E-state index contributed by atoms with van der Waals surface area (Å²) in [5.41, 5.74) is 3.42. The Kier molecular flexibility index (Phi) is 4.79. The Balaban J connectivity index is 3.05. The highest BCUT2D eigenvalue weighted by Crippen LogP contribution is 2.20. The van der Waals surface area contributed by atoms with Gasteiger partial charge in [0.2, 0.25) is 0 Å². The third kappa shape index (κ3) is 3.63. The summed E-state index contributed by atoms with van der Waals surface area (Å²) >= 11 is 0. The fraction of sp³-hybridized carbons (Fsp3) is 0.357. The molecule has 0 fully saturated rings. The van der Waals surface area contributed by atoms with Crippen molar-refractivity contribution in [2.24, 2.45) is 4.99 Å². The Hall–Kier alpha value is -2.19. The minimum Gasteiger partial charge on any atom is -0.391 e. The smallest absolute Gasteiger partial charge is 0.133 e. The zero-order valence-electron chi connectivity index (χ0n) is 11.5. The Morgan fingerprint density at radius 1 is 1.58 bits per heavy atom. The minimum absolute atomic E-state index is 0.132. The molecule has 0 aliphatic rings. The summed E-state index contributed by atoms with van der Waals surface area (Å²) in [7, 11) is 0. The van der Waals surface area contributed by atoms with Crippen LogP contribution in [0.2, 0.25) is 0 Å². The van der Waals surface area contributed by atoms with Crippen LogP contribution < -0.4 is 0 Å². The van der Waals surface area contributed by atoms with Crippen LogP contribution >= 0.6 is 0 Å². The lowest BCUT2D eigenvalue weighted by atomic mass is 10.1. The summed E-state index contributed by atoms with van der Waals surface area (Å²) < 4.78 is 1.74. The second-order valence-corrected chi connectivity index (χ2v) is 4.42. The molecule has 1 N–H and O–H groups in total. The van der Waals surface area contributed by atoms with Crippen molar-refractivity contribution in [1.82, 2.24) is 9.78 Å². The van der Waals surface area contributed by atoms with Crippen molar-refractivity contribution in [3.05, 3.63) is 35.8 Å². The predicted octanol–water partition coefficient (Wildman–Crippen LogP) is 2.00. The summed E-state index contributed by atoms with van der Waals surface area (Å²) in [6.07, 6.45) is 1.04. The first-order valence-corrected chi connectivity index (χ1v) is 5.91. The Bertz CT molecular complexity index is 573. The van der Waals surface area contributed by atoms with Crippen LogP contribution in [-0.2, 0) is 6.54 Å². The Morgan fingerprint density at radius 3 is 2.74 bits per heavy atom. The standard InChI is InChI=1S/C14H18N4O/c1-9(7-16-10(2)6-15)14-12(4)17-18(13(14)5)8-11(3)19/h7,11,19H,1-2,8H2,3-5H3/b16-7+/t11-/m0/s1. The van der Waals surface area contributed by atoms with Crippen LogP contribution in [0.1, 0.15) is 23.9 Å². The van der Waals surface area contributed by atoms with Gasteiger partial charge in [-0.15, -0.1) is 0 Å². The molecule has 1 aromatic heterocycles. The van der Waals surface area contributed by atoms with Crippen molar-refractivity contribution in [3.8, 4) is 6.07 Å². The number of aryl methyl sites for hydroxylation is 1. The topological polar surface area (TPSA) is 74.2 Å². The first kappa shape index (κ1) is 14.9. The maximum Gasteiger partial charge on any atom is 0.133 e. The highest BCUT2D eigenvalue weighted by atomic mass is 16.3. The zero-order valence-corrected chi connectivity index (χ0v) is 11.5. The number of aliphatic imine (C=N–C) groups is 1. The second-order valence-electron chi connectivity index (χ2n) is 4.42. The lowest BCUT2D eigenvalue weighted by Crippen LogP contribution is -2.14. The highest BCUT2D eigenvalue weighted by Gasteiger charge is 2.14. The summed E-state index contributed by atoms with van der Waals surface area (Å²) in [4.78, 5) is 3.90. The maximum atomic E-state index is 9.42. The zero-order chi connectivity index (χ0) is 14.6. The Morgan fingerprint density at radius 2 is 2.21 bits per heavy atom. The molecule has 5 heteroatoms. The number of hydrogen-bond donors (Lipinski definition) is 1. The number of rotatable bonds is 5. The Labute approximate surface area is 113 Å². The first-order valence-electron chi connectivity index (χ1n) is 5.91.